The number of rotatable bonds is 22. The molecule has 0 saturated heterocycles. The van der Waals surface area contributed by atoms with Crippen LogP contribution in [0, 0.1) is 21.7 Å². The maximum Gasteiger partial charge on any atom is 0.316 e. The van der Waals surface area contributed by atoms with Crippen LogP contribution >= 0.6 is 0 Å². The summed E-state index contributed by atoms with van der Waals surface area (Å²) in [6, 6.07) is 0. The third-order valence-corrected chi connectivity index (χ3v) is 6.72. The summed E-state index contributed by atoms with van der Waals surface area (Å²) >= 11 is 0. The summed E-state index contributed by atoms with van der Waals surface area (Å²) < 4.78 is 26.1. The molecule has 0 aliphatic rings. The van der Waals surface area contributed by atoms with Crippen LogP contribution in [0.5, 0.6) is 0 Å². The molecular weight excluding hydrogens is 584 g/mol. The summed E-state index contributed by atoms with van der Waals surface area (Å²) in [5.41, 5.74) is -6.87. The maximum atomic E-state index is 12.6. The smallest absolute Gasteiger partial charge is 0.316 e. The minimum absolute atomic E-state index is 0.564. The molecule has 0 aliphatic carbocycles. The number of hydrogen-bond donors (Lipinski definition) is 8. The fourth-order valence-electron chi connectivity index (χ4n) is 2.55. The number of esters is 4. The number of aliphatic hydroxyl groups excluding tert-OH is 8. The lowest BCUT2D eigenvalue weighted by atomic mass is 9.93. The SMILES string of the molecule is CC(CO)(CO)C(=O)OCC(COCC(COC(=O)C(C)(CO)CO)OC(=O)C(C)(CO)CO)OC(=O)C(C)(CO)CO. The number of aliphatic hydroxyl groups is 8. The second-order valence-electron chi connectivity index (χ2n) is 11.3. The predicted molar refractivity (Wildman–Crippen MR) is 142 cm³/mol. The lowest BCUT2D eigenvalue weighted by Gasteiger charge is -2.29. The van der Waals surface area contributed by atoms with Gasteiger partial charge in [-0.2, -0.15) is 0 Å². The van der Waals surface area contributed by atoms with Gasteiger partial charge in [-0.1, -0.05) is 0 Å². The van der Waals surface area contributed by atoms with E-state index in [1.165, 1.54) is 27.7 Å². The van der Waals surface area contributed by atoms with E-state index in [1.54, 1.807) is 0 Å². The zero-order valence-corrected chi connectivity index (χ0v) is 24.9. The van der Waals surface area contributed by atoms with Crippen molar-refractivity contribution in [2.75, 3.05) is 79.3 Å². The molecule has 0 aromatic rings. The van der Waals surface area contributed by atoms with Crippen molar-refractivity contribution in [3.05, 3.63) is 0 Å². The molecular formula is C26H46O17. The molecule has 0 heterocycles. The van der Waals surface area contributed by atoms with Crippen molar-refractivity contribution in [1.29, 1.82) is 0 Å². The van der Waals surface area contributed by atoms with E-state index in [4.69, 9.17) is 23.7 Å². The van der Waals surface area contributed by atoms with E-state index in [0.29, 0.717) is 0 Å². The van der Waals surface area contributed by atoms with Gasteiger partial charge in [0.25, 0.3) is 0 Å². The summed E-state index contributed by atoms with van der Waals surface area (Å²) in [6.07, 6.45) is -2.80. The van der Waals surface area contributed by atoms with Crippen LogP contribution < -0.4 is 0 Å². The summed E-state index contributed by atoms with van der Waals surface area (Å²) in [4.78, 5) is 50.0. The van der Waals surface area contributed by atoms with Crippen molar-refractivity contribution in [3.63, 3.8) is 0 Å². The van der Waals surface area contributed by atoms with Crippen LogP contribution in [-0.4, -0.2) is 156 Å². The van der Waals surface area contributed by atoms with Crippen molar-refractivity contribution in [1.82, 2.24) is 0 Å². The Morgan fingerprint density at radius 3 is 0.907 bits per heavy atom. The van der Waals surface area contributed by atoms with Crippen LogP contribution in [0.2, 0.25) is 0 Å². The van der Waals surface area contributed by atoms with Gasteiger partial charge in [0.15, 0.2) is 12.2 Å². The molecule has 17 heteroatoms. The lowest BCUT2D eigenvalue weighted by Crippen LogP contribution is -2.44. The van der Waals surface area contributed by atoms with Crippen molar-refractivity contribution in [3.8, 4) is 0 Å². The molecule has 0 saturated carbocycles. The largest absolute Gasteiger partial charge is 0.461 e. The van der Waals surface area contributed by atoms with Gasteiger partial charge in [0.2, 0.25) is 0 Å². The molecule has 2 unspecified atom stereocenters. The Bertz CT molecular complexity index is 805. The molecule has 8 N–H and O–H groups in total. The van der Waals surface area contributed by atoms with Gasteiger partial charge in [-0.15, -0.1) is 0 Å². The lowest BCUT2D eigenvalue weighted by molar-refractivity contribution is -0.185. The van der Waals surface area contributed by atoms with Gasteiger partial charge in [0.05, 0.1) is 66.1 Å². The fourth-order valence-corrected chi connectivity index (χ4v) is 2.55. The summed E-state index contributed by atoms with van der Waals surface area (Å²) in [7, 11) is 0. The van der Waals surface area contributed by atoms with E-state index in [0.717, 1.165) is 0 Å². The van der Waals surface area contributed by atoms with Crippen LogP contribution in [-0.2, 0) is 42.9 Å². The van der Waals surface area contributed by atoms with Gasteiger partial charge in [-0.05, 0) is 27.7 Å². The van der Waals surface area contributed by atoms with Crippen molar-refractivity contribution in [2.24, 2.45) is 21.7 Å². The highest BCUT2D eigenvalue weighted by atomic mass is 16.6. The van der Waals surface area contributed by atoms with E-state index < -0.39 is 137 Å². The predicted octanol–water partition coefficient (Wildman–Crippen LogP) is -4.12. The number of carbonyl (C=O) groups excluding carboxylic acids is 4. The van der Waals surface area contributed by atoms with Gasteiger partial charge in [0.1, 0.15) is 34.9 Å². The van der Waals surface area contributed by atoms with E-state index >= 15 is 0 Å². The minimum atomic E-state index is -1.75. The van der Waals surface area contributed by atoms with Crippen LogP contribution in [0.4, 0.5) is 0 Å². The van der Waals surface area contributed by atoms with Gasteiger partial charge in [-0.25, -0.2) is 0 Å². The molecule has 0 aliphatic heterocycles. The first-order valence-corrected chi connectivity index (χ1v) is 13.3. The summed E-state index contributed by atoms with van der Waals surface area (Å²) in [5.74, 6) is -4.29. The minimum Gasteiger partial charge on any atom is -0.461 e. The number of ether oxygens (including phenoxy) is 5. The highest BCUT2D eigenvalue weighted by molar-refractivity contribution is 5.78. The second kappa shape index (κ2) is 18.4. The molecule has 17 nitrogen and oxygen atoms in total. The summed E-state index contributed by atoms with van der Waals surface area (Å²) in [6.45, 7) is -3.95. The van der Waals surface area contributed by atoms with E-state index in [1.807, 2.05) is 0 Å². The molecule has 0 radical (unpaired) electrons. The van der Waals surface area contributed by atoms with Gasteiger partial charge in [0, 0.05) is 0 Å². The molecule has 252 valence electrons. The monoisotopic (exact) mass is 630 g/mol. The Morgan fingerprint density at radius 2 is 0.674 bits per heavy atom. The first-order valence-electron chi connectivity index (χ1n) is 13.3. The highest BCUT2D eigenvalue weighted by Crippen LogP contribution is 2.22. The number of hydrogen-bond acceptors (Lipinski definition) is 17. The topological polar surface area (TPSA) is 276 Å². The third kappa shape index (κ3) is 11.5. The molecule has 0 aromatic carbocycles. The normalized spacial score (nSPS) is 14.0. The average Bonchev–Trinajstić information content (AvgIpc) is 3.03. The molecule has 0 spiro atoms. The molecule has 0 fully saturated rings. The van der Waals surface area contributed by atoms with Crippen LogP contribution in [0.25, 0.3) is 0 Å². The Kier molecular flexibility index (Phi) is 17.3. The first kappa shape index (κ1) is 40.5. The zero-order valence-electron chi connectivity index (χ0n) is 24.9. The van der Waals surface area contributed by atoms with Gasteiger partial charge < -0.3 is 64.5 Å². The van der Waals surface area contributed by atoms with E-state index in [2.05, 4.69) is 0 Å². The molecule has 2 atom stereocenters. The molecule has 0 bridgehead atoms. The van der Waals surface area contributed by atoms with Crippen LogP contribution in [0.3, 0.4) is 0 Å². The van der Waals surface area contributed by atoms with Crippen LogP contribution in [0.1, 0.15) is 27.7 Å². The van der Waals surface area contributed by atoms with E-state index in [-0.39, 0.29) is 0 Å². The third-order valence-electron chi connectivity index (χ3n) is 6.72. The molecule has 0 aromatic heterocycles. The summed E-state index contributed by atoms with van der Waals surface area (Å²) in [5, 5.41) is 75.7. The Hall–Kier alpha value is -2.48. The second-order valence-corrected chi connectivity index (χ2v) is 11.3. The fraction of sp³-hybridized carbons (Fsp3) is 0.846. The van der Waals surface area contributed by atoms with Crippen molar-refractivity contribution < 1.29 is 83.7 Å². The average molecular weight is 631 g/mol. The number of carbonyl (C=O) groups is 4. The maximum absolute atomic E-state index is 12.6. The van der Waals surface area contributed by atoms with Gasteiger partial charge in [-0.3, -0.25) is 19.2 Å². The Balaban J connectivity index is 5.84. The van der Waals surface area contributed by atoms with Gasteiger partial charge >= 0.3 is 23.9 Å². The zero-order chi connectivity index (χ0) is 33.5. The van der Waals surface area contributed by atoms with E-state index in [9.17, 15) is 60.0 Å². The van der Waals surface area contributed by atoms with Crippen molar-refractivity contribution >= 4 is 23.9 Å². The molecule has 0 amide bonds. The standard InChI is InChI=1S/C26H46O17/c1-23(9-27,10-28)19(35)40-7-17(42-21(37)25(3,13-31)14-32)5-39-6-18(43-22(38)26(4,15-33)16-34)8-41-20(36)24(2,11-29)12-30/h17-18,27-34H,5-16H2,1-4H3. The molecule has 0 rings (SSSR count). The van der Waals surface area contributed by atoms with Crippen molar-refractivity contribution in [2.45, 2.75) is 39.9 Å². The highest BCUT2D eigenvalue weighted by Gasteiger charge is 2.39. The Morgan fingerprint density at radius 1 is 0.442 bits per heavy atom. The quantitative estimate of drug-likeness (QED) is 0.0416. The first-order chi connectivity index (χ1) is 20.0. The Labute approximate surface area is 248 Å². The van der Waals surface area contributed by atoms with Crippen LogP contribution in [0.15, 0.2) is 0 Å². The molecule has 43 heavy (non-hydrogen) atoms.